The summed E-state index contributed by atoms with van der Waals surface area (Å²) in [5.41, 5.74) is 3.07. The van der Waals surface area contributed by atoms with Gasteiger partial charge in [0.25, 0.3) is 0 Å². The number of likely N-dealkylation sites (tertiary alicyclic amines) is 1. The summed E-state index contributed by atoms with van der Waals surface area (Å²) in [6, 6.07) is 2.75. The van der Waals surface area contributed by atoms with E-state index >= 15 is 0 Å². The Morgan fingerprint density at radius 2 is 2.00 bits per heavy atom. The Bertz CT molecular complexity index is 1060. The average Bonchev–Trinajstić information content (AvgIpc) is 3.40. The van der Waals surface area contributed by atoms with Gasteiger partial charge in [-0.2, -0.15) is 5.10 Å². The Hall–Kier alpha value is -1.99. The quantitative estimate of drug-likeness (QED) is 0.614. The van der Waals surface area contributed by atoms with E-state index < -0.39 is 0 Å². The van der Waals surface area contributed by atoms with Gasteiger partial charge in [-0.25, -0.2) is 9.97 Å². The van der Waals surface area contributed by atoms with Gasteiger partial charge >= 0.3 is 0 Å². The Morgan fingerprint density at radius 1 is 1.20 bits per heavy atom. The summed E-state index contributed by atoms with van der Waals surface area (Å²) in [5, 5.41) is 5.74. The van der Waals surface area contributed by atoms with Crippen LogP contribution < -0.4 is 4.90 Å². The van der Waals surface area contributed by atoms with Crippen molar-refractivity contribution in [1.82, 2.24) is 24.6 Å². The van der Waals surface area contributed by atoms with Crippen molar-refractivity contribution in [3.8, 4) is 0 Å². The highest BCUT2D eigenvalue weighted by Gasteiger charge is 2.50. The summed E-state index contributed by atoms with van der Waals surface area (Å²) < 4.78 is 2.00. The molecule has 0 N–H and O–H groups in total. The molecule has 0 amide bonds. The first kappa shape index (κ1) is 19.9. The zero-order chi connectivity index (χ0) is 21.0. The monoisotopic (exact) mass is 424 g/mol. The zero-order valence-corrected chi connectivity index (χ0v) is 19.5. The van der Waals surface area contributed by atoms with E-state index in [0.717, 1.165) is 30.2 Å². The van der Waals surface area contributed by atoms with E-state index in [1.54, 1.807) is 17.7 Å². The summed E-state index contributed by atoms with van der Waals surface area (Å²) >= 11 is 1.80. The van der Waals surface area contributed by atoms with Crippen LogP contribution in [0.5, 0.6) is 0 Å². The third kappa shape index (κ3) is 3.14. The van der Waals surface area contributed by atoms with Crippen LogP contribution in [0.1, 0.15) is 49.4 Å². The SMILES string of the molecule is CCc1cc2c(N3CCC4(C3)CN(C(c3cnn(C)c3C)C(C)C)C4)ncnc2s1. The molecule has 2 fully saturated rings. The third-order valence-corrected chi connectivity index (χ3v) is 8.33. The highest BCUT2D eigenvalue weighted by molar-refractivity contribution is 7.18. The summed E-state index contributed by atoms with van der Waals surface area (Å²) in [4.78, 5) is 16.9. The van der Waals surface area contributed by atoms with Crippen molar-refractivity contribution in [3.63, 3.8) is 0 Å². The van der Waals surface area contributed by atoms with Crippen LogP contribution in [0.4, 0.5) is 5.82 Å². The molecule has 2 aliphatic heterocycles. The molecule has 0 aromatic carbocycles. The molecule has 3 aromatic rings. The number of aryl methyl sites for hydroxylation is 2. The van der Waals surface area contributed by atoms with Gasteiger partial charge in [-0.3, -0.25) is 9.58 Å². The van der Waals surface area contributed by atoms with Crippen molar-refractivity contribution in [3.05, 3.63) is 34.7 Å². The highest BCUT2D eigenvalue weighted by atomic mass is 32.1. The lowest BCUT2D eigenvalue weighted by atomic mass is 9.76. The molecule has 1 unspecified atom stereocenters. The van der Waals surface area contributed by atoms with E-state index in [-0.39, 0.29) is 0 Å². The minimum Gasteiger partial charge on any atom is -0.355 e. The predicted octanol–water partition coefficient (Wildman–Crippen LogP) is 4.21. The molecule has 5 heterocycles. The molecule has 6 nitrogen and oxygen atoms in total. The van der Waals surface area contributed by atoms with Gasteiger partial charge in [0, 0.05) is 60.8 Å². The number of thiophene rings is 1. The molecule has 5 rings (SSSR count). The normalized spacial score (nSPS) is 19.9. The third-order valence-electron chi connectivity index (χ3n) is 7.14. The summed E-state index contributed by atoms with van der Waals surface area (Å²) in [6.45, 7) is 13.6. The topological polar surface area (TPSA) is 50.1 Å². The van der Waals surface area contributed by atoms with Crippen LogP contribution in [0.15, 0.2) is 18.6 Å². The van der Waals surface area contributed by atoms with Crippen molar-refractivity contribution >= 4 is 27.4 Å². The molecule has 0 aliphatic carbocycles. The van der Waals surface area contributed by atoms with Crippen molar-refractivity contribution < 1.29 is 0 Å². The van der Waals surface area contributed by atoms with Gasteiger partial charge in [0.15, 0.2) is 0 Å². The molecular formula is C23H32N6S. The van der Waals surface area contributed by atoms with Crippen LogP contribution in [0.25, 0.3) is 10.2 Å². The number of nitrogens with zero attached hydrogens (tertiary/aromatic N) is 6. The van der Waals surface area contributed by atoms with Gasteiger partial charge < -0.3 is 4.90 Å². The maximum absolute atomic E-state index is 4.70. The molecule has 0 radical (unpaired) electrons. The lowest BCUT2D eigenvalue weighted by molar-refractivity contribution is -0.0323. The summed E-state index contributed by atoms with van der Waals surface area (Å²) in [7, 11) is 2.04. The molecule has 2 aliphatic rings. The lowest BCUT2D eigenvalue weighted by Crippen LogP contribution is -2.59. The highest BCUT2D eigenvalue weighted by Crippen LogP contribution is 2.47. The van der Waals surface area contributed by atoms with Crippen LogP contribution in [-0.2, 0) is 13.5 Å². The minimum atomic E-state index is 0.393. The molecule has 2 saturated heterocycles. The van der Waals surface area contributed by atoms with E-state index in [4.69, 9.17) is 4.98 Å². The van der Waals surface area contributed by atoms with Gasteiger partial charge in [-0.15, -0.1) is 11.3 Å². The van der Waals surface area contributed by atoms with Crippen molar-refractivity contribution in [1.29, 1.82) is 0 Å². The van der Waals surface area contributed by atoms with Crippen LogP contribution in [0.2, 0.25) is 0 Å². The minimum absolute atomic E-state index is 0.393. The van der Waals surface area contributed by atoms with Gasteiger partial charge in [0.1, 0.15) is 17.0 Å². The molecular weight excluding hydrogens is 392 g/mol. The second-order valence-electron chi connectivity index (χ2n) is 9.56. The van der Waals surface area contributed by atoms with Gasteiger partial charge in [0.05, 0.1) is 11.6 Å². The summed E-state index contributed by atoms with van der Waals surface area (Å²) in [5.74, 6) is 1.71. The molecule has 3 aromatic heterocycles. The van der Waals surface area contributed by atoms with Crippen molar-refractivity contribution in [2.24, 2.45) is 18.4 Å². The molecule has 0 bridgehead atoms. The second-order valence-corrected chi connectivity index (χ2v) is 10.7. The molecule has 1 spiro atoms. The predicted molar refractivity (Wildman–Crippen MR) is 123 cm³/mol. The van der Waals surface area contributed by atoms with E-state index in [1.165, 1.54) is 41.0 Å². The standard InChI is InChI=1S/C23H32N6S/c1-6-17-9-18-21(24-14-25-22(18)30-17)28-8-7-23(11-28)12-29(13-23)20(15(2)3)19-10-26-27(5)16(19)4/h9-10,14-15,20H,6-8,11-13H2,1-5H3. The number of rotatable bonds is 5. The van der Waals surface area contributed by atoms with Gasteiger partial charge in [-0.1, -0.05) is 20.8 Å². The van der Waals surface area contributed by atoms with Crippen molar-refractivity contribution in [2.75, 3.05) is 31.1 Å². The molecule has 30 heavy (non-hydrogen) atoms. The Kier molecular flexibility index (Phi) is 4.86. The average molecular weight is 425 g/mol. The van der Waals surface area contributed by atoms with Gasteiger partial charge in [-0.05, 0) is 31.7 Å². The fraction of sp³-hybridized carbons (Fsp3) is 0.609. The van der Waals surface area contributed by atoms with E-state index in [1.807, 2.05) is 11.7 Å². The van der Waals surface area contributed by atoms with Gasteiger partial charge in [0.2, 0.25) is 0 Å². The molecule has 7 heteroatoms. The summed E-state index contributed by atoms with van der Waals surface area (Å²) in [6.07, 6.45) is 6.12. The number of hydrogen-bond acceptors (Lipinski definition) is 6. The van der Waals surface area contributed by atoms with Crippen LogP contribution in [0.3, 0.4) is 0 Å². The van der Waals surface area contributed by atoms with E-state index in [9.17, 15) is 0 Å². The molecule has 0 saturated carbocycles. The van der Waals surface area contributed by atoms with Crippen LogP contribution >= 0.6 is 11.3 Å². The van der Waals surface area contributed by atoms with Crippen LogP contribution in [-0.4, -0.2) is 50.8 Å². The largest absolute Gasteiger partial charge is 0.355 e. The number of aromatic nitrogens is 4. The number of hydrogen-bond donors (Lipinski definition) is 0. The maximum atomic E-state index is 4.70. The van der Waals surface area contributed by atoms with E-state index in [0.29, 0.717) is 17.4 Å². The van der Waals surface area contributed by atoms with Crippen LogP contribution in [0, 0.1) is 18.3 Å². The Morgan fingerprint density at radius 3 is 2.67 bits per heavy atom. The molecule has 160 valence electrons. The van der Waals surface area contributed by atoms with E-state index in [2.05, 4.69) is 59.8 Å². The first-order chi connectivity index (χ1) is 14.4. The molecule has 1 atom stereocenters. The smallest absolute Gasteiger partial charge is 0.140 e. The lowest BCUT2D eigenvalue weighted by Gasteiger charge is -2.52. The maximum Gasteiger partial charge on any atom is 0.140 e. The Labute approximate surface area is 182 Å². The number of fused-ring (bicyclic) bond motifs is 1. The number of anilines is 1. The first-order valence-corrected chi connectivity index (χ1v) is 11.9. The van der Waals surface area contributed by atoms with Crippen molar-refractivity contribution in [2.45, 2.75) is 46.6 Å². The Balaban J connectivity index is 1.34. The fourth-order valence-corrected chi connectivity index (χ4v) is 6.42. The zero-order valence-electron chi connectivity index (χ0n) is 18.7. The fourth-order valence-electron chi connectivity index (χ4n) is 5.49. The second kappa shape index (κ2) is 7.31. The first-order valence-electron chi connectivity index (χ1n) is 11.1.